The first kappa shape index (κ1) is 18.9. The first-order chi connectivity index (χ1) is 14.2. The van der Waals surface area contributed by atoms with Crippen molar-refractivity contribution in [3.63, 3.8) is 0 Å². The van der Waals surface area contributed by atoms with Gasteiger partial charge in [-0.1, -0.05) is 12.1 Å². The lowest BCUT2D eigenvalue weighted by Crippen LogP contribution is -2.44. The zero-order chi connectivity index (χ0) is 20.1. The summed E-state index contributed by atoms with van der Waals surface area (Å²) >= 11 is 0. The molecule has 0 spiro atoms. The van der Waals surface area contributed by atoms with Crippen LogP contribution in [0.15, 0.2) is 53.7 Å². The zero-order valence-electron chi connectivity index (χ0n) is 16.3. The van der Waals surface area contributed by atoms with Crippen LogP contribution in [-0.4, -0.2) is 45.5 Å². The van der Waals surface area contributed by atoms with Crippen LogP contribution in [0.3, 0.4) is 0 Å². The molecular weight excluding hydrogens is 368 g/mol. The van der Waals surface area contributed by atoms with Crippen molar-refractivity contribution >= 4 is 28.7 Å². The summed E-state index contributed by atoms with van der Waals surface area (Å²) in [5.41, 5.74) is 9.45. The van der Waals surface area contributed by atoms with Gasteiger partial charge in [-0.15, -0.1) is 0 Å². The lowest BCUT2D eigenvalue weighted by atomic mass is 10.2. The van der Waals surface area contributed by atoms with Gasteiger partial charge in [0.05, 0.1) is 37.4 Å². The minimum atomic E-state index is -0.265. The lowest BCUT2D eigenvalue weighted by Gasteiger charge is -2.29. The number of hydrogen-bond acceptors (Lipinski definition) is 8. The summed E-state index contributed by atoms with van der Waals surface area (Å²) < 4.78 is 11.0. The summed E-state index contributed by atoms with van der Waals surface area (Å²) in [6, 6.07) is 13.7. The number of morpholine rings is 1. The molecule has 0 amide bonds. The Kier molecular flexibility index (Phi) is 5.71. The largest absolute Gasteiger partial charge is 0.494 e. The number of benzene rings is 2. The summed E-state index contributed by atoms with van der Waals surface area (Å²) in [6.45, 7) is 3.24. The van der Waals surface area contributed by atoms with Crippen molar-refractivity contribution in [3.05, 3.63) is 54.7 Å². The van der Waals surface area contributed by atoms with Crippen molar-refractivity contribution in [2.45, 2.75) is 6.17 Å². The van der Waals surface area contributed by atoms with Crippen LogP contribution in [0.25, 0.3) is 0 Å². The third-order valence-corrected chi connectivity index (χ3v) is 4.79. The van der Waals surface area contributed by atoms with E-state index in [1.807, 2.05) is 36.4 Å². The highest BCUT2D eigenvalue weighted by molar-refractivity contribution is 5.96. The number of ether oxygens (including phenoxy) is 2. The van der Waals surface area contributed by atoms with Gasteiger partial charge in [0.1, 0.15) is 11.9 Å². The summed E-state index contributed by atoms with van der Waals surface area (Å²) in [5, 5.41) is 9.84. The smallest absolute Gasteiger partial charge is 0.202 e. The molecule has 2 aromatic carbocycles. The number of guanidine groups is 1. The Morgan fingerprint density at radius 1 is 1.21 bits per heavy atom. The zero-order valence-corrected chi connectivity index (χ0v) is 16.3. The lowest BCUT2D eigenvalue weighted by molar-refractivity contribution is 0.122. The molecule has 2 heterocycles. The van der Waals surface area contributed by atoms with Crippen molar-refractivity contribution in [3.8, 4) is 5.75 Å². The van der Waals surface area contributed by atoms with E-state index in [1.54, 1.807) is 13.3 Å². The Hall–Kier alpha value is -3.39. The minimum Gasteiger partial charge on any atom is -0.494 e. The van der Waals surface area contributed by atoms with E-state index >= 15 is 0 Å². The van der Waals surface area contributed by atoms with E-state index in [0.717, 1.165) is 49.1 Å². The fraction of sp³-hybridized carbons (Fsp3) is 0.286. The van der Waals surface area contributed by atoms with Gasteiger partial charge in [0.25, 0.3) is 0 Å². The molecule has 8 nitrogen and oxygen atoms in total. The summed E-state index contributed by atoms with van der Waals surface area (Å²) in [6.07, 6.45) is 4.47. The molecule has 4 rings (SSSR count). The third-order valence-electron chi connectivity index (χ3n) is 4.79. The summed E-state index contributed by atoms with van der Waals surface area (Å²) in [7, 11) is 1.66. The van der Waals surface area contributed by atoms with E-state index in [-0.39, 0.29) is 6.17 Å². The van der Waals surface area contributed by atoms with Crippen molar-refractivity contribution < 1.29 is 9.47 Å². The van der Waals surface area contributed by atoms with E-state index in [1.165, 1.54) is 0 Å². The van der Waals surface area contributed by atoms with Gasteiger partial charge in [-0.05, 0) is 24.3 Å². The molecular formula is C21H25N6O2. The van der Waals surface area contributed by atoms with Crippen molar-refractivity contribution in [2.75, 3.05) is 54.7 Å². The topological polar surface area (TPSA) is 96.2 Å². The van der Waals surface area contributed by atoms with Crippen LogP contribution in [-0.2, 0) is 4.74 Å². The quantitative estimate of drug-likeness (QED) is 0.579. The van der Waals surface area contributed by atoms with Crippen LogP contribution in [0.2, 0.25) is 0 Å². The molecule has 1 atom stereocenters. The van der Waals surface area contributed by atoms with E-state index in [9.17, 15) is 0 Å². The number of nitrogens with one attached hydrogen (secondary N) is 3. The molecule has 2 aromatic rings. The fourth-order valence-corrected chi connectivity index (χ4v) is 3.25. The van der Waals surface area contributed by atoms with Gasteiger partial charge in [0.2, 0.25) is 5.96 Å². The second-order valence-corrected chi connectivity index (χ2v) is 6.69. The van der Waals surface area contributed by atoms with Crippen molar-refractivity contribution in [1.82, 2.24) is 5.32 Å². The Balaban J connectivity index is 1.43. The van der Waals surface area contributed by atoms with E-state index < -0.39 is 0 Å². The maximum absolute atomic E-state index is 6.01. The van der Waals surface area contributed by atoms with Gasteiger partial charge >= 0.3 is 0 Å². The van der Waals surface area contributed by atoms with Gasteiger partial charge in [-0.3, -0.25) is 0 Å². The number of aliphatic imine (C=N–C) groups is 1. The van der Waals surface area contributed by atoms with Crippen LogP contribution in [0.4, 0.5) is 22.7 Å². The van der Waals surface area contributed by atoms with Crippen LogP contribution in [0, 0.1) is 6.08 Å². The molecule has 2 aliphatic heterocycles. The Morgan fingerprint density at radius 3 is 2.83 bits per heavy atom. The average molecular weight is 393 g/mol. The van der Waals surface area contributed by atoms with Gasteiger partial charge in [0.15, 0.2) is 0 Å². The molecule has 1 unspecified atom stereocenters. The van der Waals surface area contributed by atoms with E-state index in [2.05, 4.69) is 38.0 Å². The van der Waals surface area contributed by atoms with E-state index in [4.69, 9.17) is 15.2 Å². The highest BCUT2D eigenvalue weighted by atomic mass is 16.5. The standard InChI is InChI=1S/C21H25N6O2/c1-28-19-14-15(27-10-12-29-13-11-27)6-7-18(19)25-21-23-9-8-20(26-21)24-17-5-3-2-4-16(17)22/h2-7,9,14,20,24H,10-13,22H2,1H3,(H2,23,25,26). The van der Waals surface area contributed by atoms with Crippen LogP contribution in [0.1, 0.15) is 0 Å². The molecule has 1 radical (unpaired) electrons. The molecule has 29 heavy (non-hydrogen) atoms. The Morgan fingerprint density at radius 2 is 2.03 bits per heavy atom. The maximum atomic E-state index is 6.01. The predicted molar refractivity (Wildman–Crippen MR) is 116 cm³/mol. The fourth-order valence-electron chi connectivity index (χ4n) is 3.25. The monoisotopic (exact) mass is 393 g/mol. The first-order valence-corrected chi connectivity index (χ1v) is 9.54. The number of nitrogen functional groups attached to an aromatic ring is 1. The molecule has 2 aliphatic rings. The molecule has 0 saturated carbocycles. The predicted octanol–water partition coefficient (Wildman–Crippen LogP) is 2.24. The van der Waals surface area contributed by atoms with Gasteiger partial charge in [0, 0.05) is 37.1 Å². The number of rotatable bonds is 5. The normalized spacial score (nSPS) is 18.6. The van der Waals surface area contributed by atoms with Crippen LogP contribution >= 0.6 is 0 Å². The number of hydrogen-bond donors (Lipinski definition) is 4. The number of nitrogens with two attached hydrogens (primary N) is 1. The molecule has 151 valence electrons. The van der Waals surface area contributed by atoms with Crippen LogP contribution < -0.4 is 31.3 Å². The second kappa shape index (κ2) is 8.74. The number of para-hydroxylation sites is 2. The molecule has 8 heteroatoms. The van der Waals surface area contributed by atoms with Gasteiger partial charge in [-0.25, -0.2) is 4.99 Å². The van der Waals surface area contributed by atoms with E-state index in [0.29, 0.717) is 11.6 Å². The highest BCUT2D eigenvalue weighted by Crippen LogP contribution is 2.30. The number of methoxy groups -OCH3 is 1. The molecule has 1 fully saturated rings. The number of nitrogens with zero attached hydrogens (tertiary/aromatic N) is 2. The maximum Gasteiger partial charge on any atom is 0.202 e. The van der Waals surface area contributed by atoms with Crippen molar-refractivity contribution in [1.29, 1.82) is 0 Å². The molecule has 0 aromatic heterocycles. The third kappa shape index (κ3) is 4.55. The van der Waals surface area contributed by atoms with Gasteiger partial charge < -0.3 is 36.1 Å². The van der Waals surface area contributed by atoms with Crippen LogP contribution in [0.5, 0.6) is 5.75 Å². The second-order valence-electron chi connectivity index (χ2n) is 6.69. The molecule has 0 aliphatic carbocycles. The number of anilines is 4. The molecule has 1 saturated heterocycles. The molecule has 5 N–H and O–H groups in total. The Labute approximate surface area is 170 Å². The Bertz CT molecular complexity index is 908. The molecule has 0 bridgehead atoms. The minimum absolute atomic E-state index is 0.265. The van der Waals surface area contributed by atoms with Gasteiger partial charge in [-0.2, -0.15) is 0 Å². The average Bonchev–Trinajstić information content (AvgIpc) is 2.76. The first-order valence-electron chi connectivity index (χ1n) is 9.54. The van der Waals surface area contributed by atoms with Crippen molar-refractivity contribution in [2.24, 2.45) is 4.99 Å². The highest BCUT2D eigenvalue weighted by Gasteiger charge is 2.16. The summed E-state index contributed by atoms with van der Waals surface area (Å²) in [4.78, 5) is 6.62. The summed E-state index contributed by atoms with van der Waals surface area (Å²) in [5.74, 6) is 1.34. The SMILES string of the molecule is COc1cc(N2CCOCC2)ccc1NC1=NC=[C]C(Nc2ccccc2N)N1.